The lowest BCUT2D eigenvalue weighted by Gasteiger charge is -2.35. The average molecular weight is 421 g/mol. The molecule has 1 fully saturated rings. The summed E-state index contributed by atoms with van der Waals surface area (Å²) in [5, 5.41) is 9.35. The number of amides is 4. The number of carbonyl (C=O) groups is 3. The molecule has 0 atom stereocenters. The number of thiophene rings is 1. The fraction of sp³-hybridized carbons (Fsp3) is 0.412. The normalized spacial score (nSPS) is 14.1. The predicted octanol–water partition coefficient (Wildman–Crippen LogP) is 0.944. The summed E-state index contributed by atoms with van der Waals surface area (Å²) >= 11 is 1.19. The molecule has 0 bridgehead atoms. The van der Waals surface area contributed by atoms with E-state index in [4.69, 9.17) is 16.6 Å². The number of hydrazine groups is 1. The van der Waals surface area contributed by atoms with Gasteiger partial charge >= 0.3 is 12.1 Å². The Balaban J connectivity index is 1.81. The lowest BCUT2D eigenvalue weighted by Crippen LogP contribution is -2.55. The van der Waals surface area contributed by atoms with Crippen LogP contribution in [-0.4, -0.2) is 59.2 Å². The Morgan fingerprint density at radius 2 is 1.93 bits per heavy atom. The number of primary amides is 1. The topological polar surface area (TPSA) is 167 Å². The minimum Gasteiger partial charge on any atom is -0.464 e. The van der Waals surface area contributed by atoms with Gasteiger partial charge in [-0.25, -0.2) is 25.4 Å². The van der Waals surface area contributed by atoms with Crippen LogP contribution in [0.1, 0.15) is 28.6 Å². The molecule has 2 aromatic heterocycles. The van der Waals surface area contributed by atoms with Crippen LogP contribution >= 0.6 is 11.3 Å². The Labute approximate surface area is 170 Å². The van der Waals surface area contributed by atoms with Gasteiger partial charge in [0.2, 0.25) is 0 Å². The summed E-state index contributed by atoms with van der Waals surface area (Å²) in [6.07, 6.45) is 0.363. The van der Waals surface area contributed by atoms with Gasteiger partial charge in [0.15, 0.2) is 0 Å². The number of piperazine rings is 1. The first-order valence-electron chi connectivity index (χ1n) is 9.12. The van der Waals surface area contributed by atoms with Crippen molar-refractivity contribution >= 4 is 51.1 Å². The van der Waals surface area contributed by atoms with Gasteiger partial charge in [0.05, 0.1) is 5.69 Å². The van der Waals surface area contributed by atoms with E-state index < -0.39 is 18.0 Å². The Kier molecular flexibility index (Phi) is 5.92. The van der Waals surface area contributed by atoms with Crippen LogP contribution in [0, 0.1) is 0 Å². The number of fused-ring (bicyclic) bond motifs is 1. The zero-order valence-electron chi connectivity index (χ0n) is 15.9. The van der Waals surface area contributed by atoms with E-state index in [0.717, 1.165) is 29.6 Å². The first-order chi connectivity index (χ1) is 13.8. The van der Waals surface area contributed by atoms with Crippen LogP contribution in [0.15, 0.2) is 6.07 Å². The Bertz CT molecular complexity index is 953. The van der Waals surface area contributed by atoms with E-state index in [0.29, 0.717) is 41.6 Å². The van der Waals surface area contributed by atoms with Crippen molar-refractivity contribution in [2.45, 2.75) is 19.8 Å². The summed E-state index contributed by atoms with van der Waals surface area (Å²) in [6.45, 7) is 3.96. The quantitative estimate of drug-likeness (QED) is 0.458. The van der Waals surface area contributed by atoms with Crippen molar-refractivity contribution in [3.63, 3.8) is 0 Å². The molecular formula is C17H23N7O4S. The van der Waals surface area contributed by atoms with Crippen LogP contribution in [0.3, 0.4) is 0 Å². The fourth-order valence-electron chi connectivity index (χ4n) is 3.32. The van der Waals surface area contributed by atoms with E-state index >= 15 is 0 Å². The molecule has 11 nitrogen and oxygen atoms in total. The first-order valence-corrected chi connectivity index (χ1v) is 9.94. The standard InChI is InChI=1S/C17H23N7O4S/c1-2-3-9-8-10(20-15-11(9)12(18)13(29-15)14(19)25)23-4-6-24(7-5-23)16(26)21-22-17(27)28/h8,22H,2-7,18H2,1H3,(H2,19,25)(H,21,26)(H,27,28). The summed E-state index contributed by atoms with van der Waals surface area (Å²) in [7, 11) is 0. The van der Waals surface area contributed by atoms with Gasteiger partial charge in [-0.3, -0.25) is 4.79 Å². The van der Waals surface area contributed by atoms with Crippen molar-refractivity contribution in [3.8, 4) is 0 Å². The molecule has 3 rings (SSSR count). The zero-order chi connectivity index (χ0) is 21.1. The molecule has 7 N–H and O–H groups in total. The molecular weight excluding hydrogens is 398 g/mol. The van der Waals surface area contributed by atoms with Gasteiger partial charge in [0.25, 0.3) is 5.91 Å². The minimum atomic E-state index is -1.33. The van der Waals surface area contributed by atoms with Gasteiger partial charge in [0.1, 0.15) is 15.5 Å². The van der Waals surface area contributed by atoms with E-state index in [1.165, 1.54) is 16.2 Å². The lowest BCUT2D eigenvalue weighted by molar-refractivity contribution is 0.100. The summed E-state index contributed by atoms with van der Waals surface area (Å²) in [5.74, 6) is 0.186. The van der Waals surface area contributed by atoms with Crippen LogP contribution < -0.4 is 27.2 Å². The number of aromatic nitrogens is 1. The van der Waals surface area contributed by atoms with E-state index in [9.17, 15) is 14.4 Å². The van der Waals surface area contributed by atoms with E-state index in [1.807, 2.05) is 16.4 Å². The van der Waals surface area contributed by atoms with Crippen molar-refractivity contribution < 1.29 is 19.5 Å². The third-order valence-electron chi connectivity index (χ3n) is 4.68. The van der Waals surface area contributed by atoms with Crippen molar-refractivity contribution in [3.05, 3.63) is 16.5 Å². The molecule has 156 valence electrons. The summed E-state index contributed by atoms with van der Waals surface area (Å²) < 4.78 is 0. The number of aryl methyl sites for hydroxylation is 1. The number of nitrogen functional groups attached to an aromatic ring is 1. The number of hydrogen-bond donors (Lipinski definition) is 5. The molecule has 0 radical (unpaired) electrons. The highest BCUT2D eigenvalue weighted by molar-refractivity contribution is 7.21. The van der Waals surface area contributed by atoms with Crippen molar-refractivity contribution in [2.75, 3.05) is 36.8 Å². The van der Waals surface area contributed by atoms with Crippen molar-refractivity contribution in [2.24, 2.45) is 5.73 Å². The predicted molar refractivity (Wildman–Crippen MR) is 110 cm³/mol. The van der Waals surface area contributed by atoms with Gasteiger partial charge in [-0.2, -0.15) is 0 Å². The Hall–Kier alpha value is -3.28. The number of rotatable bonds is 4. The molecule has 1 aliphatic rings. The second-order valence-electron chi connectivity index (χ2n) is 6.61. The second kappa shape index (κ2) is 8.39. The molecule has 12 heteroatoms. The van der Waals surface area contributed by atoms with Crippen LogP contribution in [0.5, 0.6) is 0 Å². The molecule has 3 heterocycles. The van der Waals surface area contributed by atoms with Crippen LogP contribution in [0.25, 0.3) is 10.2 Å². The zero-order valence-corrected chi connectivity index (χ0v) is 16.7. The van der Waals surface area contributed by atoms with Gasteiger partial charge in [0, 0.05) is 31.6 Å². The molecule has 0 aliphatic carbocycles. The molecule has 0 saturated carbocycles. The SMILES string of the molecule is CCCc1cc(N2CCN(C(=O)NNC(=O)O)CC2)nc2sc(C(N)=O)c(N)c12. The number of carbonyl (C=O) groups excluding carboxylic acids is 2. The molecule has 1 aliphatic heterocycles. The van der Waals surface area contributed by atoms with Crippen LogP contribution in [0.2, 0.25) is 0 Å². The highest BCUT2D eigenvalue weighted by Gasteiger charge is 2.24. The van der Waals surface area contributed by atoms with Gasteiger partial charge in [-0.15, -0.1) is 11.3 Å². The smallest absolute Gasteiger partial charge is 0.423 e. The van der Waals surface area contributed by atoms with Gasteiger partial charge < -0.3 is 26.4 Å². The Morgan fingerprint density at radius 3 is 2.52 bits per heavy atom. The van der Waals surface area contributed by atoms with E-state index in [-0.39, 0.29) is 0 Å². The maximum Gasteiger partial charge on any atom is 0.423 e. The maximum absolute atomic E-state index is 12.0. The van der Waals surface area contributed by atoms with E-state index in [2.05, 4.69) is 17.3 Å². The van der Waals surface area contributed by atoms with Crippen molar-refractivity contribution in [1.29, 1.82) is 0 Å². The number of nitrogens with zero attached hydrogens (tertiary/aromatic N) is 3. The van der Waals surface area contributed by atoms with Gasteiger partial charge in [-0.05, 0) is 18.1 Å². The lowest BCUT2D eigenvalue weighted by atomic mass is 10.1. The monoisotopic (exact) mass is 421 g/mol. The largest absolute Gasteiger partial charge is 0.464 e. The number of nitrogens with one attached hydrogen (secondary N) is 2. The number of carboxylic acid groups (broad SMARTS) is 1. The summed E-state index contributed by atoms with van der Waals surface area (Å²) in [6, 6.07) is 1.47. The first kappa shape index (κ1) is 20.5. The summed E-state index contributed by atoms with van der Waals surface area (Å²) in [5.41, 5.74) is 17.0. The second-order valence-corrected chi connectivity index (χ2v) is 7.61. The number of nitrogens with two attached hydrogens (primary N) is 2. The van der Waals surface area contributed by atoms with Gasteiger partial charge in [-0.1, -0.05) is 13.3 Å². The number of anilines is 2. The number of hydrogen-bond acceptors (Lipinski definition) is 7. The third-order valence-corrected chi connectivity index (χ3v) is 5.79. The molecule has 0 aromatic carbocycles. The van der Waals surface area contributed by atoms with Crippen LogP contribution in [-0.2, 0) is 6.42 Å². The fourth-order valence-corrected chi connectivity index (χ4v) is 4.31. The maximum atomic E-state index is 12.0. The Morgan fingerprint density at radius 1 is 1.24 bits per heavy atom. The van der Waals surface area contributed by atoms with E-state index in [1.54, 1.807) is 0 Å². The van der Waals surface area contributed by atoms with Crippen LogP contribution in [0.4, 0.5) is 21.1 Å². The third kappa shape index (κ3) is 4.26. The molecule has 0 spiro atoms. The highest BCUT2D eigenvalue weighted by atomic mass is 32.1. The molecule has 2 aromatic rings. The molecule has 1 saturated heterocycles. The number of pyridine rings is 1. The molecule has 0 unspecified atom stereocenters. The highest BCUT2D eigenvalue weighted by Crippen LogP contribution is 2.37. The molecule has 29 heavy (non-hydrogen) atoms. The summed E-state index contributed by atoms with van der Waals surface area (Å²) in [4.78, 5) is 43.4. The molecule has 4 amide bonds. The van der Waals surface area contributed by atoms with Crippen molar-refractivity contribution in [1.82, 2.24) is 20.7 Å². The number of urea groups is 1. The average Bonchev–Trinajstić information content (AvgIpc) is 3.03. The minimum absolute atomic E-state index is 0.314.